The SMILES string of the molecule is CC(=O)N(c1nc(COC(=O)CCNc2ccccc2[N+](=O)[O-])cs1)c1ccc(C)cc1C. The number of nitro groups is 1. The molecular formula is C23H24N4O5S. The maximum atomic E-state index is 12.3. The number of nitrogens with zero attached hydrogens (tertiary/aromatic N) is 3. The topological polar surface area (TPSA) is 115 Å². The van der Waals surface area contributed by atoms with Crippen molar-refractivity contribution in [2.24, 2.45) is 0 Å². The second kappa shape index (κ2) is 10.7. The Morgan fingerprint density at radius 1 is 1.21 bits per heavy atom. The monoisotopic (exact) mass is 468 g/mol. The molecule has 3 aromatic rings. The first-order valence-corrected chi connectivity index (χ1v) is 11.1. The third-order valence-corrected chi connectivity index (χ3v) is 5.64. The van der Waals surface area contributed by atoms with Crippen molar-refractivity contribution in [2.45, 2.75) is 33.8 Å². The van der Waals surface area contributed by atoms with Crippen LogP contribution in [-0.4, -0.2) is 28.3 Å². The molecule has 0 saturated carbocycles. The molecule has 9 nitrogen and oxygen atoms in total. The van der Waals surface area contributed by atoms with Crippen LogP contribution in [0.25, 0.3) is 0 Å². The van der Waals surface area contributed by atoms with Gasteiger partial charge in [-0.2, -0.15) is 0 Å². The van der Waals surface area contributed by atoms with Crippen molar-refractivity contribution in [3.05, 3.63) is 74.8 Å². The number of anilines is 3. The van der Waals surface area contributed by atoms with E-state index in [1.165, 1.54) is 24.3 Å². The first-order valence-electron chi connectivity index (χ1n) is 10.2. The predicted octanol–water partition coefficient (Wildman–Crippen LogP) is 4.90. The van der Waals surface area contributed by atoms with Crippen LogP contribution in [0.5, 0.6) is 0 Å². The van der Waals surface area contributed by atoms with E-state index >= 15 is 0 Å². The Morgan fingerprint density at radius 2 is 1.97 bits per heavy atom. The van der Waals surface area contributed by atoms with Gasteiger partial charge in [0.15, 0.2) is 5.13 Å². The quantitative estimate of drug-likeness (QED) is 0.270. The summed E-state index contributed by atoms with van der Waals surface area (Å²) in [5.41, 5.74) is 3.63. The minimum Gasteiger partial charge on any atom is -0.459 e. The normalized spacial score (nSPS) is 10.5. The molecule has 2 aromatic carbocycles. The fourth-order valence-electron chi connectivity index (χ4n) is 3.24. The van der Waals surface area contributed by atoms with Gasteiger partial charge in [-0.3, -0.25) is 24.6 Å². The zero-order chi connectivity index (χ0) is 24.0. The average Bonchev–Trinajstić information content (AvgIpc) is 3.22. The molecule has 1 N–H and O–H groups in total. The molecule has 0 spiro atoms. The summed E-state index contributed by atoms with van der Waals surface area (Å²) in [6, 6.07) is 12.0. The summed E-state index contributed by atoms with van der Waals surface area (Å²) in [4.78, 5) is 41.0. The Morgan fingerprint density at radius 3 is 2.67 bits per heavy atom. The number of hydrogen-bond donors (Lipinski definition) is 1. The lowest BCUT2D eigenvalue weighted by Crippen LogP contribution is -2.23. The first-order chi connectivity index (χ1) is 15.8. The van der Waals surface area contributed by atoms with Gasteiger partial charge in [0.1, 0.15) is 12.3 Å². The third-order valence-electron chi connectivity index (χ3n) is 4.77. The minimum absolute atomic E-state index is 0.0283. The standard InChI is InChI=1S/C23H24N4O5S/c1-15-8-9-20(16(2)12-15)26(17(3)28)23-25-18(14-33-23)13-32-22(29)10-11-24-19-6-4-5-7-21(19)27(30)31/h4-9,12,14,24H,10-11,13H2,1-3H3. The number of esters is 1. The van der Waals surface area contributed by atoms with Crippen LogP contribution in [-0.2, 0) is 20.9 Å². The molecule has 0 aliphatic heterocycles. The summed E-state index contributed by atoms with van der Waals surface area (Å²) in [5, 5.41) is 16.2. The lowest BCUT2D eigenvalue weighted by atomic mass is 10.1. The number of amides is 1. The Bertz CT molecular complexity index is 1180. The van der Waals surface area contributed by atoms with Crippen LogP contribution in [0.2, 0.25) is 0 Å². The van der Waals surface area contributed by atoms with Crippen molar-refractivity contribution in [3.8, 4) is 0 Å². The van der Waals surface area contributed by atoms with Crippen LogP contribution >= 0.6 is 11.3 Å². The number of para-hydroxylation sites is 2. The van der Waals surface area contributed by atoms with Gasteiger partial charge in [0.05, 0.1) is 22.7 Å². The van der Waals surface area contributed by atoms with E-state index < -0.39 is 10.9 Å². The highest BCUT2D eigenvalue weighted by molar-refractivity contribution is 7.14. The molecule has 0 bridgehead atoms. The summed E-state index contributed by atoms with van der Waals surface area (Å²) in [7, 11) is 0. The number of nitro benzene ring substituents is 1. The average molecular weight is 469 g/mol. The summed E-state index contributed by atoms with van der Waals surface area (Å²) < 4.78 is 5.27. The van der Waals surface area contributed by atoms with Gasteiger partial charge < -0.3 is 10.1 Å². The van der Waals surface area contributed by atoms with Gasteiger partial charge in [0.25, 0.3) is 5.69 Å². The predicted molar refractivity (Wildman–Crippen MR) is 127 cm³/mol. The largest absolute Gasteiger partial charge is 0.459 e. The van der Waals surface area contributed by atoms with E-state index in [4.69, 9.17) is 4.74 Å². The number of benzene rings is 2. The van der Waals surface area contributed by atoms with E-state index in [-0.39, 0.29) is 31.2 Å². The van der Waals surface area contributed by atoms with E-state index in [0.717, 1.165) is 16.8 Å². The van der Waals surface area contributed by atoms with Crippen LogP contribution in [0.3, 0.4) is 0 Å². The Balaban J connectivity index is 1.56. The van der Waals surface area contributed by atoms with Crippen LogP contribution in [0.1, 0.15) is 30.2 Å². The number of aromatic nitrogens is 1. The number of nitrogens with one attached hydrogen (secondary N) is 1. The molecule has 1 heterocycles. The van der Waals surface area contributed by atoms with Crippen LogP contribution in [0.4, 0.5) is 22.2 Å². The zero-order valence-electron chi connectivity index (χ0n) is 18.5. The minimum atomic E-state index is -0.483. The summed E-state index contributed by atoms with van der Waals surface area (Å²) in [6.45, 7) is 5.56. The molecule has 10 heteroatoms. The van der Waals surface area contributed by atoms with Gasteiger partial charge in [-0.05, 0) is 31.5 Å². The molecule has 3 rings (SSSR count). The maximum absolute atomic E-state index is 12.3. The molecular weight excluding hydrogens is 444 g/mol. The van der Waals surface area contributed by atoms with Gasteiger partial charge in [0, 0.05) is 24.9 Å². The summed E-state index contributed by atoms with van der Waals surface area (Å²) >= 11 is 1.29. The lowest BCUT2D eigenvalue weighted by Gasteiger charge is -2.20. The highest BCUT2D eigenvalue weighted by atomic mass is 32.1. The van der Waals surface area contributed by atoms with Crippen LogP contribution in [0, 0.1) is 24.0 Å². The fraction of sp³-hybridized carbons (Fsp3) is 0.261. The number of carbonyl (C=O) groups excluding carboxylic acids is 2. The Labute approximate surface area is 195 Å². The van der Waals surface area contributed by atoms with Gasteiger partial charge in [-0.25, -0.2) is 4.98 Å². The van der Waals surface area contributed by atoms with Crippen LogP contribution in [0.15, 0.2) is 47.8 Å². The van der Waals surface area contributed by atoms with E-state index in [1.807, 2.05) is 32.0 Å². The highest BCUT2D eigenvalue weighted by Crippen LogP contribution is 2.32. The summed E-state index contributed by atoms with van der Waals surface area (Å²) in [5.74, 6) is -0.630. The van der Waals surface area contributed by atoms with Crippen molar-refractivity contribution in [3.63, 3.8) is 0 Å². The first kappa shape index (κ1) is 23.9. The molecule has 0 fully saturated rings. The Kier molecular flexibility index (Phi) is 7.73. The smallest absolute Gasteiger partial charge is 0.307 e. The second-order valence-corrected chi connectivity index (χ2v) is 8.21. The third kappa shape index (κ3) is 6.13. The molecule has 0 aliphatic rings. The number of rotatable bonds is 9. The van der Waals surface area contributed by atoms with Crippen molar-refractivity contribution in [1.29, 1.82) is 0 Å². The number of carbonyl (C=O) groups is 2. The van der Waals surface area contributed by atoms with E-state index in [1.54, 1.807) is 28.5 Å². The van der Waals surface area contributed by atoms with Crippen molar-refractivity contribution >= 4 is 45.4 Å². The van der Waals surface area contributed by atoms with Crippen LogP contribution < -0.4 is 10.2 Å². The number of ether oxygens (including phenoxy) is 1. The zero-order valence-corrected chi connectivity index (χ0v) is 19.3. The Hall–Kier alpha value is -3.79. The lowest BCUT2D eigenvalue weighted by molar-refractivity contribution is -0.384. The van der Waals surface area contributed by atoms with Gasteiger partial charge in [-0.1, -0.05) is 29.8 Å². The summed E-state index contributed by atoms with van der Waals surface area (Å²) in [6.07, 6.45) is 0.0329. The van der Waals surface area contributed by atoms with Gasteiger partial charge in [0.2, 0.25) is 5.91 Å². The van der Waals surface area contributed by atoms with E-state index in [0.29, 0.717) is 16.5 Å². The maximum Gasteiger partial charge on any atom is 0.307 e. The molecule has 172 valence electrons. The number of thiazole rings is 1. The van der Waals surface area contributed by atoms with Gasteiger partial charge >= 0.3 is 5.97 Å². The molecule has 0 unspecified atom stereocenters. The highest BCUT2D eigenvalue weighted by Gasteiger charge is 2.20. The molecule has 1 amide bonds. The number of hydrogen-bond acceptors (Lipinski definition) is 8. The molecule has 1 aromatic heterocycles. The van der Waals surface area contributed by atoms with E-state index in [9.17, 15) is 19.7 Å². The van der Waals surface area contributed by atoms with Crippen molar-refractivity contribution in [2.75, 3.05) is 16.8 Å². The van der Waals surface area contributed by atoms with Crippen molar-refractivity contribution in [1.82, 2.24) is 4.98 Å². The van der Waals surface area contributed by atoms with Crippen molar-refractivity contribution < 1.29 is 19.2 Å². The molecule has 0 atom stereocenters. The molecule has 0 aliphatic carbocycles. The molecule has 33 heavy (non-hydrogen) atoms. The molecule has 0 saturated heterocycles. The number of aryl methyl sites for hydroxylation is 2. The van der Waals surface area contributed by atoms with Gasteiger partial charge in [-0.15, -0.1) is 11.3 Å². The fourth-order valence-corrected chi connectivity index (χ4v) is 4.10. The second-order valence-electron chi connectivity index (χ2n) is 7.38. The van der Waals surface area contributed by atoms with E-state index in [2.05, 4.69) is 10.3 Å². The molecule has 0 radical (unpaired) electrons.